The van der Waals surface area contributed by atoms with Gasteiger partial charge in [0.1, 0.15) is 0 Å². The topological polar surface area (TPSA) is 67.9 Å². The highest BCUT2D eigenvalue weighted by Gasteiger charge is 2.40. The molecule has 1 N–H and O–H groups in total. The molecule has 2 heterocycles. The largest absolute Gasteiger partial charge is 0.381 e. The Morgan fingerprint density at radius 1 is 1.26 bits per heavy atom. The Bertz CT molecular complexity index is 355. The van der Waals surface area contributed by atoms with Gasteiger partial charge in [-0.15, -0.1) is 0 Å². The first-order chi connectivity index (χ1) is 9.01. The van der Waals surface area contributed by atoms with Crippen molar-refractivity contribution in [1.82, 2.24) is 10.2 Å². The monoisotopic (exact) mass is 270 g/mol. The van der Waals surface area contributed by atoms with Gasteiger partial charge in [-0.05, 0) is 19.8 Å². The van der Waals surface area contributed by atoms with Crippen LogP contribution in [0.15, 0.2) is 0 Å². The van der Waals surface area contributed by atoms with Crippen LogP contribution in [0.2, 0.25) is 0 Å². The molecule has 0 aromatic rings. The fraction of sp³-hybridized carbons (Fsp3) is 0.846. The molecule has 0 aliphatic carbocycles. The summed E-state index contributed by atoms with van der Waals surface area (Å²) < 4.78 is 10.9. The van der Waals surface area contributed by atoms with Crippen molar-refractivity contribution < 1.29 is 19.1 Å². The molecule has 6 heteroatoms. The molecule has 2 aliphatic rings. The molecule has 0 bridgehead atoms. The Kier molecular flexibility index (Phi) is 4.42. The van der Waals surface area contributed by atoms with E-state index >= 15 is 0 Å². The third-order valence-corrected chi connectivity index (χ3v) is 3.76. The van der Waals surface area contributed by atoms with Crippen LogP contribution in [-0.4, -0.2) is 61.3 Å². The molecule has 0 aromatic carbocycles. The van der Waals surface area contributed by atoms with Crippen LogP contribution in [0.4, 0.5) is 0 Å². The molecule has 2 amide bonds. The van der Waals surface area contributed by atoms with Crippen molar-refractivity contribution in [1.29, 1.82) is 0 Å². The van der Waals surface area contributed by atoms with Gasteiger partial charge in [-0.1, -0.05) is 0 Å². The maximum Gasteiger partial charge on any atom is 0.254 e. The molecule has 1 atom stereocenters. The van der Waals surface area contributed by atoms with Crippen LogP contribution in [-0.2, 0) is 19.1 Å². The molecule has 6 nitrogen and oxygen atoms in total. The molecule has 1 unspecified atom stereocenters. The van der Waals surface area contributed by atoms with E-state index in [1.807, 2.05) is 0 Å². The summed E-state index contributed by atoms with van der Waals surface area (Å²) in [6, 6.07) is 0.148. The molecule has 108 valence electrons. The standard InChI is InChI=1S/C13H22N2O4/c1-10(16)15-5-8-19-13(2,9-15)12(17)14-11-3-6-18-7-4-11/h11H,3-9H2,1-2H3,(H,14,17). The Morgan fingerprint density at radius 2 is 1.95 bits per heavy atom. The van der Waals surface area contributed by atoms with Crippen molar-refractivity contribution in [3.63, 3.8) is 0 Å². The Balaban J connectivity index is 1.94. The second-order valence-electron chi connectivity index (χ2n) is 5.38. The Labute approximate surface area is 113 Å². The van der Waals surface area contributed by atoms with Gasteiger partial charge >= 0.3 is 0 Å². The maximum atomic E-state index is 12.3. The van der Waals surface area contributed by atoms with Gasteiger partial charge in [-0.3, -0.25) is 9.59 Å². The van der Waals surface area contributed by atoms with Crippen LogP contribution < -0.4 is 5.32 Å². The van der Waals surface area contributed by atoms with E-state index in [-0.39, 0.29) is 17.9 Å². The van der Waals surface area contributed by atoms with Crippen molar-refractivity contribution in [2.75, 3.05) is 32.9 Å². The van der Waals surface area contributed by atoms with Gasteiger partial charge in [0.2, 0.25) is 5.91 Å². The minimum absolute atomic E-state index is 0.0200. The van der Waals surface area contributed by atoms with E-state index in [0.29, 0.717) is 32.9 Å². The lowest BCUT2D eigenvalue weighted by molar-refractivity contribution is -0.162. The van der Waals surface area contributed by atoms with E-state index in [9.17, 15) is 9.59 Å². The van der Waals surface area contributed by atoms with Gasteiger partial charge in [0.05, 0.1) is 13.2 Å². The van der Waals surface area contributed by atoms with Crippen LogP contribution in [0, 0.1) is 0 Å². The van der Waals surface area contributed by atoms with Gasteiger partial charge in [-0.2, -0.15) is 0 Å². The fourth-order valence-corrected chi connectivity index (χ4v) is 2.46. The normalized spacial score (nSPS) is 29.1. The number of carbonyl (C=O) groups is 2. The Morgan fingerprint density at radius 3 is 2.58 bits per heavy atom. The zero-order chi connectivity index (χ0) is 13.9. The van der Waals surface area contributed by atoms with E-state index < -0.39 is 5.60 Å². The first kappa shape index (κ1) is 14.3. The van der Waals surface area contributed by atoms with E-state index in [0.717, 1.165) is 12.8 Å². The maximum absolute atomic E-state index is 12.3. The molecule has 19 heavy (non-hydrogen) atoms. The highest BCUT2D eigenvalue weighted by atomic mass is 16.5. The zero-order valence-electron chi connectivity index (χ0n) is 11.6. The lowest BCUT2D eigenvalue weighted by Crippen LogP contribution is -2.60. The van der Waals surface area contributed by atoms with Gasteiger partial charge in [0.25, 0.3) is 5.91 Å². The zero-order valence-corrected chi connectivity index (χ0v) is 11.6. The molecule has 0 aromatic heterocycles. The van der Waals surface area contributed by atoms with E-state index in [1.165, 1.54) is 6.92 Å². The number of amides is 2. The van der Waals surface area contributed by atoms with Crippen LogP contribution in [0.1, 0.15) is 26.7 Å². The van der Waals surface area contributed by atoms with Gasteiger partial charge in [0.15, 0.2) is 5.60 Å². The first-order valence-corrected chi connectivity index (χ1v) is 6.79. The minimum atomic E-state index is -0.942. The van der Waals surface area contributed by atoms with Crippen LogP contribution in [0.3, 0.4) is 0 Å². The molecular formula is C13H22N2O4. The van der Waals surface area contributed by atoms with E-state index in [2.05, 4.69) is 5.32 Å². The summed E-state index contributed by atoms with van der Waals surface area (Å²) >= 11 is 0. The van der Waals surface area contributed by atoms with Gasteiger partial charge < -0.3 is 19.7 Å². The second kappa shape index (κ2) is 5.88. The lowest BCUT2D eigenvalue weighted by atomic mass is 10.0. The predicted octanol–water partition coefficient (Wildman–Crippen LogP) is -0.0810. The van der Waals surface area contributed by atoms with Crippen LogP contribution in [0.5, 0.6) is 0 Å². The summed E-state index contributed by atoms with van der Waals surface area (Å²) in [6.45, 7) is 5.90. The third kappa shape index (κ3) is 3.45. The number of nitrogens with one attached hydrogen (secondary N) is 1. The lowest BCUT2D eigenvalue weighted by Gasteiger charge is -2.39. The molecule has 0 radical (unpaired) electrons. The van der Waals surface area contributed by atoms with Crippen LogP contribution in [0.25, 0.3) is 0 Å². The molecule has 2 aliphatic heterocycles. The van der Waals surface area contributed by atoms with Crippen molar-refractivity contribution in [3.05, 3.63) is 0 Å². The van der Waals surface area contributed by atoms with Crippen molar-refractivity contribution in [2.45, 2.75) is 38.3 Å². The number of ether oxygens (including phenoxy) is 2. The number of morpholine rings is 1. The number of carbonyl (C=O) groups excluding carboxylic acids is 2. The average Bonchev–Trinajstić information content (AvgIpc) is 2.40. The number of hydrogen-bond donors (Lipinski definition) is 1. The summed E-state index contributed by atoms with van der Waals surface area (Å²) in [5.74, 6) is -0.154. The SMILES string of the molecule is CC(=O)N1CCOC(C)(C(=O)NC2CCOCC2)C1. The minimum Gasteiger partial charge on any atom is -0.381 e. The van der Waals surface area contributed by atoms with Gasteiger partial charge in [0, 0.05) is 32.7 Å². The number of hydrogen-bond acceptors (Lipinski definition) is 4. The van der Waals surface area contributed by atoms with E-state index in [4.69, 9.17) is 9.47 Å². The first-order valence-electron chi connectivity index (χ1n) is 6.79. The summed E-state index contributed by atoms with van der Waals surface area (Å²) in [5.41, 5.74) is -0.942. The summed E-state index contributed by atoms with van der Waals surface area (Å²) in [6.07, 6.45) is 1.66. The number of nitrogens with zero attached hydrogens (tertiary/aromatic N) is 1. The highest BCUT2D eigenvalue weighted by molar-refractivity contribution is 5.86. The molecular weight excluding hydrogens is 248 g/mol. The van der Waals surface area contributed by atoms with Crippen molar-refractivity contribution in [3.8, 4) is 0 Å². The molecule has 2 rings (SSSR count). The smallest absolute Gasteiger partial charge is 0.254 e. The summed E-state index contributed by atoms with van der Waals surface area (Å²) in [4.78, 5) is 25.4. The third-order valence-electron chi connectivity index (χ3n) is 3.76. The summed E-state index contributed by atoms with van der Waals surface area (Å²) in [5, 5.41) is 3.01. The van der Waals surface area contributed by atoms with E-state index in [1.54, 1.807) is 11.8 Å². The quantitative estimate of drug-likeness (QED) is 0.762. The summed E-state index contributed by atoms with van der Waals surface area (Å²) in [7, 11) is 0. The molecule has 2 saturated heterocycles. The fourth-order valence-electron chi connectivity index (χ4n) is 2.46. The average molecular weight is 270 g/mol. The van der Waals surface area contributed by atoms with Crippen LogP contribution >= 0.6 is 0 Å². The van der Waals surface area contributed by atoms with Crippen molar-refractivity contribution >= 4 is 11.8 Å². The molecule has 0 spiro atoms. The Hall–Kier alpha value is -1.14. The second-order valence-corrected chi connectivity index (χ2v) is 5.38. The number of rotatable bonds is 2. The highest BCUT2D eigenvalue weighted by Crippen LogP contribution is 2.19. The van der Waals surface area contributed by atoms with Crippen molar-refractivity contribution in [2.24, 2.45) is 0 Å². The molecule has 2 fully saturated rings. The van der Waals surface area contributed by atoms with Gasteiger partial charge in [-0.25, -0.2) is 0 Å². The predicted molar refractivity (Wildman–Crippen MR) is 68.6 cm³/mol. The molecule has 0 saturated carbocycles.